The summed E-state index contributed by atoms with van der Waals surface area (Å²) in [5, 5.41) is 9.48. The second-order valence-corrected chi connectivity index (χ2v) is 17.1. The maximum absolute atomic E-state index is 12.7. The van der Waals surface area contributed by atoms with Crippen LogP contribution >= 0.6 is 7.82 Å². The molecule has 0 radical (unpaired) electrons. The summed E-state index contributed by atoms with van der Waals surface area (Å²) < 4.78 is 34.6. The van der Waals surface area contributed by atoms with Crippen molar-refractivity contribution in [2.75, 3.05) is 47.5 Å². The Morgan fingerprint density at radius 1 is 0.661 bits per heavy atom. The predicted molar refractivity (Wildman–Crippen MR) is 234 cm³/mol. The zero-order chi connectivity index (χ0) is 41.4. The minimum atomic E-state index is -4.32. The molecule has 56 heavy (non-hydrogen) atoms. The summed E-state index contributed by atoms with van der Waals surface area (Å²) in [6.07, 6.45) is 47.0. The predicted octanol–water partition coefficient (Wildman–Crippen LogP) is 12.0. The monoisotopic (exact) mass is 809 g/mol. The largest absolute Gasteiger partial charge is 0.498 e. The number of hydrogen-bond donors (Lipinski definition) is 2. The second kappa shape index (κ2) is 38.3. The van der Waals surface area contributed by atoms with Gasteiger partial charge < -0.3 is 24.0 Å². The van der Waals surface area contributed by atoms with Crippen LogP contribution in [0.5, 0.6) is 0 Å². The Bertz CT molecular complexity index is 1140. The molecular weight excluding hydrogens is 725 g/mol. The number of phosphoric ester groups is 1. The van der Waals surface area contributed by atoms with E-state index in [0.29, 0.717) is 17.4 Å². The molecule has 0 aliphatic carbocycles. The van der Waals surface area contributed by atoms with Crippen molar-refractivity contribution in [3.8, 4) is 0 Å². The van der Waals surface area contributed by atoms with E-state index in [-0.39, 0.29) is 32.3 Å². The zero-order valence-corrected chi connectivity index (χ0v) is 37.1. The summed E-state index contributed by atoms with van der Waals surface area (Å²) >= 11 is 0. The number of phosphoric acid groups is 1. The summed E-state index contributed by atoms with van der Waals surface area (Å²) in [6.45, 7) is 4.51. The van der Waals surface area contributed by atoms with Gasteiger partial charge in [-0.2, -0.15) is 0 Å². The van der Waals surface area contributed by atoms with Gasteiger partial charge in [-0.05, 0) is 57.4 Å². The van der Waals surface area contributed by atoms with Gasteiger partial charge in [0.15, 0.2) is 6.10 Å². The lowest BCUT2D eigenvalue weighted by atomic mass is 10.0. The van der Waals surface area contributed by atoms with Crippen LogP contribution < -0.4 is 0 Å². The lowest BCUT2D eigenvalue weighted by Crippen LogP contribution is -2.37. The van der Waals surface area contributed by atoms with Crippen LogP contribution in [-0.2, 0) is 27.9 Å². The number of likely N-dealkylation sites (N-methyl/N-ethyl adjacent to an activating group) is 1. The molecule has 0 aliphatic heterocycles. The van der Waals surface area contributed by atoms with Crippen molar-refractivity contribution in [3.05, 3.63) is 73.1 Å². The lowest BCUT2D eigenvalue weighted by molar-refractivity contribution is -0.870. The number of quaternary nitrogens is 1. The Hall–Kier alpha value is -2.26. The van der Waals surface area contributed by atoms with Crippen molar-refractivity contribution in [1.29, 1.82) is 0 Å². The van der Waals surface area contributed by atoms with Crippen LogP contribution in [0, 0.1) is 0 Å². The minimum absolute atomic E-state index is 0.0133. The Labute approximate surface area is 343 Å². The molecule has 10 heteroatoms. The van der Waals surface area contributed by atoms with E-state index in [1.165, 1.54) is 83.5 Å². The van der Waals surface area contributed by atoms with Crippen molar-refractivity contribution in [3.63, 3.8) is 0 Å². The van der Waals surface area contributed by atoms with Gasteiger partial charge in [0.1, 0.15) is 19.8 Å². The first-order valence-corrected chi connectivity index (χ1v) is 23.3. The third-order valence-corrected chi connectivity index (χ3v) is 9.99. The van der Waals surface area contributed by atoms with E-state index in [2.05, 4.69) is 49.5 Å². The van der Waals surface area contributed by atoms with Gasteiger partial charge in [0, 0.05) is 6.42 Å². The van der Waals surface area contributed by atoms with Gasteiger partial charge >= 0.3 is 13.8 Å². The molecule has 324 valence electrons. The number of nitrogens with zero attached hydrogens (tertiary/aromatic N) is 1. The average Bonchev–Trinajstić information content (AvgIpc) is 3.15. The molecule has 0 aliphatic rings. The number of unbranched alkanes of at least 4 members (excludes halogenated alkanes) is 15. The van der Waals surface area contributed by atoms with Gasteiger partial charge in [0.2, 0.25) is 0 Å². The van der Waals surface area contributed by atoms with Crippen molar-refractivity contribution in [2.45, 2.75) is 167 Å². The number of carbonyl (C=O) groups is 1. The molecule has 0 aromatic heterocycles. The van der Waals surface area contributed by atoms with E-state index in [4.69, 9.17) is 18.5 Å². The van der Waals surface area contributed by atoms with E-state index in [1.807, 2.05) is 46.3 Å². The number of ether oxygens (including phenoxy) is 2. The summed E-state index contributed by atoms with van der Waals surface area (Å²) in [6, 6.07) is 0. The first-order chi connectivity index (χ1) is 27.0. The first kappa shape index (κ1) is 53.7. The van der Waals surface area contributed by atoms with E-state index in [0.717, 1.165) is 44.9 Å². The highest BCUT2D eigenvalue weighted by molar-refractivity contribution is 7.47. The van der Waals surface area contributed by atoms with Gasteiger partial charge in [-0.15, -0.1) is 0 Å². The van der Waals surface area contributed by atoms with Crippen LogP contribution in [0.25, 0.3) is 0 Å². The Morgan fingerprint density at radius 3 is 1.77 bits per heavy atom. The highest BCUT2D eigenvalue weighted by Crippen LogP contribution is 2.43. The van der Waals surface area contributed by atoms with Gasteiger partial charge in [0.25, 0.3) is 0 Å². The van der Waals surface area contributed by atoms with Crippen molar-refractivity contribution < 1.29 is 42.4 Å². The molecule has 0 aromatic carbocycles. The molecule has 0 spiro atoms. The van der Waals surface area contributed by atoms with Crippen LogP contribution in [0.15, 0.2) is 73.1 Å². The quantitative estimate of drug-likeness (QED) is 0.0120. The standard InChI is InChI=1S/C46H82NO8P/c1-6-8-9-10-11-12-13-14-15-18-21-24-27-30-33-36-40-52-42-45(43-54-56(50,51)53-41-39-47(3,4)5)55-46(49)38-35-32-29-26-23-20-17-16-19-22-25-28-31-34-37-44(48)7-2/h17,19-20,22,26,28-29,31,34,36-37,40,44-45,48H,6-16,18,21,23-25,27,30,32-33,35,38-39,41-43H2,1-5H3/p+1/b20-17-,22-19-,29-26-,31-28-,37-34+,40-36+/t44-,45-/m1/s1. The molecule has 2 N–H and O–H groups in total. The smallest absolute Gasteiger partial charge is 0.472 e. The second-order valence-electron chi connectivity index (χ2n) is 15.6. The molecule has 0 saturated carbocycles. The van der Waals surface area contributed by atoms with Crippen molar-refractivity contribution in [2.24, 2.45) is 0 Å². The van der Waals surface area contributed by atoms with Crippen LogP contribution in [0.3, 0.4) is 0 Å². The third-order valence-electron chi connectivity index (χ3n) is 9.00. The summed E-state index contributed by atoms with van der Waals surface area (Å²) in [7, 11) is 1.57. The Kier molecular flexibility index (Phi) is 36.7. The van der Waals surface area contributed by atoms with E-state index in [9.17, 15) is 19.4 Å². The third kappa shape index (κ3) is 41.4. The summed E-state index contributed by atoms with van der Waals surface area (Å²) in [5.74, 6) is -0.406. The number of carbonyl (C=O) groups excluding carboxylic acids is 1. The fraction of sp³-hybridized carbons (Fsp3) is 0.717. The van der Waals surface area contributed by atoms with Gasteiger partial charge in [-0.3, -0.25) is 13.8 Å². The lowest BCUT2D eigenvalue weighted by Gasteiger charge is -2.24. The number of hydrogen-bond acceptors (Lipinski definition) is 7. The molecule has 9 nitrogen and oxygen atoms in total. The first-order valence-electron chi connectivity index (χ1n) is 21.8. The maximum Gasteiger partial charge on any atom is 0.472 e. The van der Waals surface area contributed by atoms with E-state index >= 15 is 0 Å². The average molecular weight is 809 g/mol. The summed E-state index contributed by atoms with van der Waals surface area (Å²) in [4.78, 5) is 22.8. The fourth-order valence-electron chi connectivity index (χ4n) is 5.45. The molecule has 0 fully saturated rings. The highest BCUT2D eigenvalue weighted by Gasteiger charge is 2.26. The molecule has 0 bridgehead atoms. The van der Waals surface area contributed by atoms with Crippen molar-refractivity contribution in [1.82, 2.24) is 0 Å². The molecule has 0 aromatic rings. The molecular formula is C46H83NO8P+. The number of esters is 1. The van der Waals surface area contributed by atoms with Gasteiger partial charge in [-0.25, -0.2) is 4.57 Å². The summed E-state index contributed by atoms with van der Waals surface area (Å²) in [5.41, 5.74) is 0. The van der Waals surface area contributed by atoms with Crippen molar-refractivity contribution >= 4 is 13.8 Å². The molecule has 0 rings (SSSR count). The SMILES string of the molecule is CCCCCCCCCCCCCCCC/C=C/OC[C@H](COP(=O)(O)OCC[N+](C)(C)C)OC(=O)CCC/C=C\C/C=C\C/C=C\C/C=C\C=C\[C@H](O)CC. The molecule has 1 unspecified atom stereocenters. The normalized spacial score (nSPS) is 15.0. The van der Waals surface area contributed by atoms with Crippen LogP contribution in [0.1, 0.15) is 155 Å². The maximum atomic E-state index is 12.7. The Balaban J connectivity index is 4.43. The van der Waals surface area contributed by atoms with E-state index < -0.39 is 19.9 Å². The molecule has 3 atom stereocenters. The fourth-order valence-corrected chi connectivity index (χ4v) is 6.19. The topological polar surface area (TPSA) is 112 Å². The van der Waals surface area contributed by atoms with Crippen LogP contribution in [-0.4, -0.2) is 80.2 Å². The number of aliphatic hydroxyl groups excluding tert-OH is 1. The highest BCUT2D eigenvalue weighted by atomic mass is 31.2. The molecule has 0 heterocycles. The molecule has 0 saturated heterocycles. The van der Waals surface area contributed by atoms with Gasteiger partial charge in [-0.1, -0.05) is 158 Å². The molecule has 0 amide bonds. The van der Waals surface area contributed by atoms with Gasteiger partial charge in [0.05, 0.1) is 40.1 Å². The van der Waals surface area contributed by atoms with Crippen LogP contribution in [0.4, 0.5) is 0 Å². The Morgan fingerprint density at radius 2 is 1.20 bits per heavy atom. The zero-order valence-electron chi connectivity index (χ0n) is 36.2. The number of rotatable bonds is 39. The number of aliphatic hydroxyl groups is 1. The number of allylic oxidation sites excluding steroid dienone is 10. The minimum Gasteiger partial charge on any atom is -0.498 e. The van der Waals surface area contributed by atoms with Crippen LogP contribution in [0.2, 0.25) is 0 Å². The van der Waals surface area contributed by atoms with E-state index in [1.54, 1.807) is 12.3 Å².